The predicted molar refractivity (Wildman–Crippen MR) is 57.3 cm³/mol. The average molecular weight is 216 g/mol. The fraction of sp³-hybridized carbons (Fsp3) is 0. The van der Waals surface area contributed by atoms with Crippen LogP contribution < -0.4 is 5.56 Å². The summed E-state index contributed by atoms with van der Waals surface area (Å²) >= 11 is 0. The van der Waals surface area contributed by atoms with Crippen molar-refractivity contribution in [3.8, 4) is 11.3 Å². The van der Waals surface area contributed by atoms with E-state index in [1.165, 1.54) is 24.5 Å². The van der Waals surface area contributed by atoms with E-state index in [2.05, 4.69) is 9.97 Å². The molecule has 0 bridgehead atoms. The number of benzene rings is 1. The Balaban J connectivity index is 2.52. The third-order valence-corrected chi connectivity index (χ3v) is 2.08. The van der Waals surface area contributed by atoms with Crippen LogP contribution in [0.15, 0.2) is 41.5 Å². The van der Waals surface area contributed by atoms with Crippen LogP contribution in [0.3, 0.4) is 0 Å². The van der Waals surface area contributed by atoms with Crippen molar-refractivity contribution in [1.29, 1.82) is 0 Å². The molecule has 2 rings (SSSR count). The molecule has 0 aliphatic heterocycles. The van der Waals surface area contributed by atoms with Crippen LogP contribution in [0, 0.1) is 0 Å². The van der Waals surface area contributed by atoms with Crippen molar-refractivity contribution >= 4 is 5.97 Å². The number of aromatic nitrogens is 2. The zero-order valence-electron chi connectivity index (χ0n) is 8.18. The van der Waals surface area contributed by atoms with Crippen LogP contribution in [0.2, 0.25) is 0 Å². The van der Waals surface area contributed by atoms with E-state index in [-0.39, 0.29) is 11.1 Å². The normalized spacial score (nSPS) is 10.0. The summed E-state index contributed by atoms with van der Waals surface area (Å²) in [6.45, 7) is 0. The number of carboxylic acids is 1. The highest BCUT2D eigenvalue weighted by molar-refractivity contribution is 5.89. The van der Waals surface area contributed by atoms with Gasteiger partial charge in [0.1, 0.15) is 0 Å². The van der Waals surface area contributed by atoms with Gasteiger partial charge in [-0.1, -0.05) is 12.1 Å². The molecule has 1 heterocycles. The smallest absolute Gasteiger partial charge is 0.335 e. The highest BCUT2D eigenvalue weighted by Crippen LogP contribution is 2.16. The van der Waals surface area contributed by atoms with Crippen LogP contribution >= 0.6 is 0 Å². The Bertz CT molecular complexity index is 590. The van der Waals surface area contributed by atoms with Crippen LogP contribution in [0.1, 0.15) is 10.4 Å². The second-order valence-electron chi connectivity index (χ2n) is 3.18. The second kappa shape index (κ2) is 3.98. The monoisotopic (exact) mass is 216 g/mol. The number of nitrogens with one attached hydrogen (secondary N) is 1. The lowest BCUT2D eigenvalue weighted by molar-refractivity contribution is 0.0697. The number of rotatable bonds is 2. The first-order valence-electron chi connectivity index (χ1n) is 4.55. The number of H-pyrrole nitrogens is 1. The van der Waals surface area contributed by atoms with Gasteiger partial charge in [-0.25, -0.2) is 9.78 Å². The molecule has 1 aromatic carbocycles. The van der Waals surface area contributed by atoms with Crippen molar-refractivity contribution in [1.82, 2.24) is 9.97 Å². The zero-order valence-corrected chi connectivity index (χ0v) is 8.18. The van der Waals surface area contributed by atoms with Crippen LogP contribution in [-0.4, -0.2) is 21.0 Å². The van der Waals surface area contributed by atoms with Gasteiger partial charge in [0.25, 0.3) is 5.56 Å². The summed E-state index contributed by atoms with van der Waals surface area (Å²) in [6.07, 6.45) is 1.28. The van der Waals surface area contributed by atoms with E-state index >= 15 is 0 Å². The summed E-state index contributed by atoms with van der Waals surface area (Å²) < 4.78 is 0. The van der Waals surface area contributed by atoms with E-state index in [1.54, 1.807) is 12.1 Å². The summed E-state index contributed by atoms with van der Waals surface area (Å²) in [5.41, 5.74) is 0.947. The largest absolute Gasteiger partial charge is 0.478 e. The standard InChI is InChI=1S/C11H8N2O3/c14-10-5-9(12-6-13-10)7-2-1-3-8(4-7)11(15)16/h1-6H,(H,15,16)(H,12,13,14). The molecular formula is C11H8N2O3. The molecule has 0 amide bonds. The quantitative estimate of drug-likeness (QED) is 0.788. The van der Waals surface area contributed by atoms with Gasteiger partial charge in [-0.2, -0.15) is 0 Å². The molecule has 0 radical (unpaired) electrons. The number of nitrogens with zero attached hydrogens (tertiary/aromatic N) is 1. The Morgan fingerprint density at radius 1 is 1.31 bits per heavy atom. The van der Waals surface area contributed by atoms with E-state index in [0.29, 0.717) is 11.3 Å². The van der Waals surface area contributed by atoms with Gasteiger partial charge in [0.15, 0.2) is 0 Å². The highest BCUT2D eigenvalue weighted by Gasteiger charge is 2.05. The Morgan fingerprint density at radius 2 is 2.12 bits per heavy atom. The SMILES string of the molecule is O=C(O)c1cccc(-c2cc(=O)[nH]cn2)c1. The topological polar surface area (TPSA) is 83.0 Å². The van der Waals surface area contributed by atoms with Crippen molar-refractivity contribution in [3.05, 3.63) is 52.6 Å². The van der Waals surface area contributed by atoms with E-state index in [4.69, 9.17) is 5.11 Å². The van der Waals surface area contributed by atoms with Gasteiger partial charge in [0.2, 0.25) is 0 Å². The molecule has 2 aromatic rings. The molecule has 0 aliphatic rings. The van der Waals surface area contributed by atoms with Crippen LogP contribution in [0.25, 0.3) is 11.3 Å². The van der Waals surface area contributed by atoms with E-state index in [0.717, 1.165) is 0 Å². The minimum absolute atomic E-state index is 0.166. The van der Waals surface area contributed by atoms with Crippen LogP contribution in [0.5, 0.6) is 0 Å². The number of hydrogen-bond acceptors (Lipinski definition) is 3. The number of aromatic carboxylic acids is 1. The maximum Gasteiger partial charge on any atom is 0.335 e. The van der Waals surface area contributed by atoms with Gasteiger partial charge in [0.05, 0.1) is 17.6 Å². The molecular weight excluding hydrogens is 208 g/mol. The molecule has 0 unspecified atom stereocenters. The van der Waals surface area contributed by atoms with Crippen LogP contribution in [0.4, 0.5) is 0 Å². The maximum absolute atomic E-state index is 11.1. The van der Waals surface area contributed by atoms with Crippen molar-refractivity contribution in [2.24, 2.45) is 0 Å². The van der Waals surface area contributed by atoms with Gasteiger partial charge < -0.3 is 10.1 Å². The summed E-state index contributed by atoms with van der Waals surface area (Å²) in [7, 11) is 0. The molecule has 0 saturated heterocycles. The minimum Gasteiger partial charge on any atom is -0.478 e. The molecule has 5 heteroatoms. The lowest BCUT2D eigenvalue weighted by atomic mass is 10.1. The molecule has 2 N–H and O–H groups in total. The Kier molecular flexibility index (Phi) is 2.51. The Labute approximate surface area is 90.4 Å². The van der Waals surface area contributed by atoms with Crippen LogP contribution in [-0.2, 0) is 0 Å². The van der Waals surface area contributed by atoms with Crippen molar-refractivity contribution < 1.29 is 9.90 Å². The molecule has 0 saturated carbocycles. The van der Waals surface area contributed by atoms with Crippen molar-refractivity contribution in [3.63, 3.8) is 0 Å². The van der Waals surface area contributed by atoms with Crippen molar-refractivity contribution in [2.45, 2.75) is 0 Å². The summed E-state index contributed by atoms with van der Waals surface area (Å²) in [5, 5.41) is 8.82. The molecule has 0 spiro atoms. The first-order chi connectivity index (χ1) is 7.66. The maximum atomic E-state index is 11.1. The molecule has 0 atom stereocenters. The highest BCUT2D eigenvalue weighted by atomic mass is 16.4. The predicted octanol–water partition coefficient (Wildman–Crippen LogP) is 1.14. The molecule has 16 heavy (non-hydrogen) atoms. The second-order valence-corrected chi connectivity index (χ2v) is 3.18. The van der Waals surface area contributed by atoms with Gasteiger partial charge in [-0.05, 0) is 12.1 Å². The minimum atomic E-state index is -1.01. The molecule has 0 aliphatic carbocycles. The Morgan fingerprint density at radius 3 is 2.81 bits per heavy atom. The van der Waals surface area contributed by atoms with Crippen molar-refractivity contribution in [2.75, 3.05) is 0 Å². The third kappa shape index (κ3) is 1.98. The first kappa shape index (κ1) is 10.1. The fourth-order valence-corrected chi connectivity index (χ4v) is 1.34. The van der Waals surface area contributed by atoms with E-state index in [1.807, 2.05) is 0 Å². The van der Waals surface area contributed by atoms with E-state index < -0.39 is 5.97 Å². The van der Waals surface area contributed by atoms with E-state index in [9.17, 15) is 9.59 Å². The number of hydrogen-bond donors (Lipinski definition) is 2. The summed E-state index contributed by atoms with van der Waals surface area (Å²) in [4.78, 5) is 28.2. The first-order valence-corrected chi connectivity index (χ1v) is 4.55. The molecule has 80 valence electrons. The third-order valence-electron chi connectivity index (χ3n) is 2.08. The Hall–Kier alpha value is -2.43. The van der Waals surface area contributed by atoms with Gasteiger partial charge in [-0.15, -0.1) is 0 Å². The summed E-state index contributed by atoms with van der Waals surface area (Å²) in [5.74, 6) is -1.01. The van der Waals surface area contributed by atoms with Gasteiger partial charge in [0, 0.05) is 11.6 Å². The molecule has 5 nitrogen and oxygen atoms in total. The summed E-state index contributed by atoms with van der Waals surface area (Å²) in [6, 6.07) is 7.60. The average Bonchev–Trinajstić information content (AvgIpc) is 2.29. The lowest BCUT2D eigenvalue weighted by Crippen LogP contribution is -2.04. The zero-order chi connectivity index (χ0) is 11.5. The van der Waals surface area contributed by atoms with Gasteiger partial charge >= 0.3 is 5.97 Å². The molecule has 1 aromatic heterocycles. The number of aromatic amines is 1. The number of carboxylic acid groups (broad SMARTS) is 1. The lowest BCUT2D eigenvalue weighted by Gasteiger charge is -2.00. The van der Waals surface area contributed by atoms with Gasteiger partial charge in [-0.3, -0.25) is 4.79 Å². The molecule has 0 fully saturated rings. The number of carbonyl (C=O) groups is 1. The fourth-order valence-electron chi connectivity index (χ4n) is 1.34.